The van der Waals surface area contributed by atoms with E-state index in [9.17, 15) is 4.79 Å². The molecule has 0 amide bonds. The Morgan fingerprint density at radius 3 is 2.07 bits per heavy atom. The van der Waals surface area contributed by atoms with Crippen molar-refractivity contribution in [3.63, 3.8) is 0 Å². The molecule has 0 saturated carbocycles. The molecule has 6 nitrogen and oxygen atoms in total. The molecule has 2 saturated heterocycles. The Labute approximate surface area is 265 Å². The minimum absolute atomic E-state index is 0.0139. The summed E-state index contributed by atoms with van der Waals surface area (Å²) < 4.78 is 33.2. The van der Waals surface area contributed by atoms with Gasteiger partial charge in [-0.3, -0.25) is 4.79 Å². The standard InChI is InChI=1S/C36H66O6Si/c1-17-19-20-21-22-23-25(3)30-35(13,41-34(11,12)39-30)24-26(4)29(37)27(5)31-36(14,42-43(15,16)32(6,7)8)28(18-2)38-33(9,10)40-31/h22-23,25,27-28,30-31H,4,17-21,24H2,1-3,5-16H3/b23-22+/t25-,27-,28+,30+,31+,35+,36+/m0/s1. The fraction of sp³-hybridized carbons (Fsp3) is 0.861. The summed E-state index contributed by atoms with van der Waals surface area (Å²) in [6, 6.07) is 0. The minimum atomic E-state index is -2.25. The average molecular weight is 623 g/mol. The van der Waals surface area contributed by atoms with Gasteiger partial charge in [0.1, 0.15) is 11.7 Å². The molecule has 0 unspecified atom stereocenters. The summed E-state index contributed by atoms with van der Waals surface area (Å²) in [5.41, 5.74) is -0.983. The maximum Gasteiger partial charge on any atom is 0.193 e. The van der Waals surface area contributed by atoms with E-state index in [2.05, 4.69) is 87.2 Å². The second-order valence-corrected chi connectivity index (χ2v) is 20.8. The lowest BCUT2D eigenvalue weighted by Crippen LogP contribution is -2.68. The zero-order chi connectivity index (χ0) is 33.2. The van der Waals surface area contributed by atoms with Crippen LogP contribution in [0.15, 0.2) is 24.3 Å². The maximum absolute atomic E-state index is 14.3. The highest BCUT2D eigenvalue weighted by Gasteiger charge is 2.58. The molecule has 0 aromatic carbocycles. The predicted molar refractivity (Wildman–Crippen MR) is 180 cm³/mol. The molecule has 0 radical (unpaired) electrons. The smallest absolute Gasteiger partial charge is 0.193 e. The third-order valence-corrected chi connectivity index (χ3v) is 14.4. The Morgan fingerprint density at radius 2 is 1.53 bits per heavy atom. The van der Waals surface area contributed by atoms with Crippen LogP contribution >= 0.6 is 0 Å². The van der Waals surface area contributed by atoms with Gasteiger partial charge in [0.25, 0.3) is 0 Å². The van der Waals surface area contributed by atoms with Gasteiger partial charge in [0.15, 0.2) is 25.7 Å². The SMILES string of the molecule is C=C(C[C@@]1(C)OC(C)(C)O[C@@H]1[C@@H](C)/C=C/CCCCC)C(=O)[C@H](C)[C@H]1OC(C)(C)O[C@H](CC)[C@@]1(C)O[Si](C)(C)C(C)(C)C. The first-order valence-electron chi connectivity index (χ1n) is 16.8. The van der Waals surface area contributed by atoms with Gasteiger partial charge in [-0.1, -0.05) is 80.0 Å². The van der Waals surface area contributed by atoms with Crippen molar-refractivity contribution < 1.29 is 28.2 Å². The van der Waals surface area contributed by atoms with E-state index in [0.717, 1.165) is 12.8 Å². The van der Waals surface area contributed by atoms with Crippen molar-refractivity contribution in [2.24, 2.45) is 11.8 Å². The Morgan fingerprint density at radius 1 is 0.953 bits per heavy atom. The molecular formula is C36H66O6Si. The quantitative estimate of drug-likeness (QED) is 0.0832. The molecule has 0 aromatic heterocycles. The van der Waals surface area contributed by atoms with Gasteiger partial charge in [-0.15, -0.1) is 0 Å². The number of carbonyl (C=O) groups is 1. The molecule has 2 rings (SSSR count). The molecule has 2 fully saturated rings. The van der Waals surface area contributed by atoms with E-state index in [0.29, 0.717) is 12.0 Å². The Balaban J connectivity index is 2.35. The summed E-state index contributed by atoms with van der Waals surface area (Å²) in [4.78, 5) is 14.3. The van der Waals surface area contributed by atoms with Crippen LogP contribution in [0.3, 0.4) is 0 Å². The molecule has 0 bridgehead atoms. The van der Waals surface area contributed by atoms with Gasteiger partial charge in [-0.2, -0.15) is 0 Å². The fourth-order valence-corrected chi connectivity index (χ4v) is 8.43. The summed E-state index contributed by atoms with van der Waals surface area (Å²) in [7, 11) is -2.25. The molecule has 0 aliphatic carbocycles. The van der Waals surface area contributed by atoms with Crippen LogP contribution < -0.4 is 0 Å². The molecule has 2 aliphatic heterocycles. The number of hydrogen-bond acceptors (Lipinski definition) is 6. The Bertz CT molecular complexity index is 994. The van der Waals surface area contributed by atoms with E-state index < -0.39 is 43.1 Å². The van der Waals surface area contributed by atoms with Gasteiger partial charge < -0.3 is 23.4 Å². The summed E-state index contributed by atoms with van der Waals surface area (Å²) in [5, 5.41) is -0.0139. The largest absolute Gasteiger partial charge is 0.406 e. The molecule has 2 aliphatic rings. The van der Waals surface area contributed by atoms with Crippen LogP contribution in [-0.2, 0) is 28.2 Å². The van der Waals surface area contributed by atoms with Crippen molar-refractivity contribution in [3.05, 3.63) is 24.3 Å². The topological polar surface area (TPSA) is 63.2 Å². The first-order valence-corrected chi connectivity index (χ1v) is 19.7. The number of unbranched alkanes of at least 4 members (excludes halogenated alkanes) is 3. The number of Topliss-reactive ketones (excluding diaryl/α,β-unsaturated/α-hetero) is 1. The molecule has 250 valence electrons. The Hall–Kier alpha value is -0.833. The van der Waals surface area contributed by atoms with Crippen LogP contribution in [0.5, 0.6) is 0 Å². The van der Waals surface area contributed by atoms with E-state index >= 15 is 0 Å². The summed E-state index contributed by atoms with van der Waals surface area (Å²) in [5.74, 6) is -2.00. The van der Waals surface area contributed by atoms with Crippen LogP contribution in [0.2, 0.25) is 18.1 Å². The average Bonchev–Trinajstić information content (AvgIpc) is 3.11. The first kappa shape index (κ1) is 38.4. The second kappa shape index (κ2) is 13.9. The molecule has 7 atom stereocenters. The third-order valence-electron chi connectivity index (χ3n) is 9.86. The molecule has 0 N–H and O–H groups in total. The van der Waals surface area contributed by atoms with Crippen molar-refractivity contribution in [2.75, 3.05) is 0 Å². The van der Waals surface area contributed by atoms with Crippen molar-refractivity contribution >= 4 is 14.1 Å². The highest BCUT2D eigenvalue weighted by Crippen LogP contribution is 2.48. The molecule has 0 spiro atoms. The van der Waals surface area contributed by atoms with Gasteiger partial charge in [-0.05, 0) is 84.5 Å². The highest BCUT2D eigenvalue weighted by atomic mass is 28.4. The van der Waals surface area contributed by atoms with Crippen molar-refractivity contribution in [1.82, 2.24) is 0 Å². The first-order chi connectivity index (χ1) is 19.5. The lowest BCUT2D eigenvalue weighted by atomic mass is 9.77. The van der Waals surface area contributed by atoms with Crippen molar-refractivity contribution in [3.8, 4) is 0 Å². The highest BCUT2D eigenvalue weighted by molar-refractivity contribution is 6.74. The lowest BCUT2D eigenvalue weighted by molar-refractivity contribution is -0.361. The van der Waals surface area contributed by atoms with E-state index in [1.54, 1.807) is 0 Å². The maximum atomic E-state index is 14.3. The van der Waals surface area contributed by atoms with Crippen LogP contribution in [0.25, 0.3) is 0 Å². The van der Waals surface area contributed by atoms with Gasteiger partial charge in [0.2, 0.25) is 0 Å². The fourth-order valence-electron chi connectivity index (χ4n) is 6.78. The van der Waals surface area contributed by atoms with E-state index in [1.807, 2.05) is 34.6 Å². The van der Waals surface area contributed by atoms with Crippen molar-refractivity contribution in [2.45, 2.75) is 188 Å². The Kier molecular flexibility index (Phi) is 12.4. The number of hydrogen-bond donors (Lipinski definition) is 0. The number of rotatable bonds is 14. The monoisotopic (exact) mass is 622 g/mol. The van der Waals surface area contributed by atoms with Crippen LogP contribution in [-0.4, -0.2) is 55.2 Å². The van der Waals surface area contributed by atoms with Crippen LogP contribution in [0, 0.1) is 11.8 Å². The summed E-state index contributed by atoms with van der Waals surface area (Å²) in [6.45, 7) is 35.8. The second-order valence-electron chi connectivity index (χ2n) is 16.1. The molecule has 7 heteroatoms. The zero-order valence-corrected chi connectivity index (χ0v) is 31.4. The minimum Gasteiger partial charge on any atom is -0.406 e. The van der Waals surface area contributed by atoms with Gasteiger partial charge in [0, 0.05) is 18.3 Å². The zero-order valence-electron chi connectivity index (χ0n) is 30.4. The van der Waals surface area contributed by atoms with Gasteiger partial charge >= 0.3 is 0 Å². The lowest BCUT2D eigenvalue weighted by Gasteiger charge is -2.57. The predicted octanol–water partition coefficient (Wildman–Crippen LogP) is 9.53. The van der Waals surface area contributed by atoms with E-state index in [1.165, 1.54) is 19.3 Å². The molecular weight excluding hydrogens is 556 g/mol. The number of ether oxygens (including phenoxy) is 4. The number of ketones is 1. The number of carbonyl (C=O) groups excluding carboxylic acids is 1. The molecule has 2 heterocycles. The van der Waals surface area contributed by atoms with E-state index in [4.69, 9.17) is 23.4 Å². The van der Waals surface area contributed by atoms with Crippen LogP contribution in [0.1, 0.15) is 129 Å². The molecule has 43 heavy (non-hydrogen) atoms. The summed E-state index contributed by atoms with van der Waals surface area (Å²) >= 11 is 0. The number of allylic oxidation sites excluding steroid dienone is 1. The van der Waals surface area contributed by atoms with E-state index in [-0.39, 0.29) is 28.9 Å². The van der Waals surface area contributed by atoms with Crippen molar-refractivity contribution in [1.29, 1.82) is 0 Å². The van der Waals surface area contributed by atoms with Gasteiger partial charge in [-0.25, -0.2) is 0 Å². The summed E-state index contributed by atoms with van der Waals surface area (Å²) in [6.07, 6.45) is 9.38. The third kappa shape index (κ3) is 9.13. The van der Waals surface area contributed by atoms with Crippen LogP contribution in [0.4, 0.5) is 0 Å². The molecule has 0 aromatic rings. The van der Waals surface area contributed by atoms with Gasteiger partial charge in [0.05, 0.1) is 17.8 Å². The normalized spacial score (nSPS) is 32.6.